The van der Waals surface area contributed by atoms with E-state index in [0.29, 0.717) is 18.5 Å². The van der Waals surface area contributed by atoms with Gasteiger partial charge in [0.1, 0.15) is 30.5 Å². The Balaban J connectivity index is 1.04. The Morgan fingerprint density at radius 1 is 0.902 bits per heavy atom. The number of benzene rings is 2. The van der Waals surface area contributed by atoms with Crippen LogP contribution < -0.4 is 48.4 Å². The number of para-hydroxylation sites is 1. The van der Waals surface area contributed by atoms with Crippen molar-refractivity contribution in [2.75, 3.05) is 49.7 Å². The standard InChI is InChI=1S/C46H68N13O19P3S/c1-27(56-31(17-16-28-11-6-4-7-12-28)41(64)58-30(15-10-19-52-45(48)49)40(63)57-29-13-8-5-9-14-29)44(66)82-22-21-50-33(60)18-20-51-42(65)37(62)46(2,3)24-75-81(72,73)78-80(70,71)74-23-32-36(77-79(67,68)69)35(61)43(76-32)59-26-55-34-38(47)53-25-54-39(34)59/h4-9,11-14,25-27,30-32,35-37,43,56,61-62H,10,15-24H2,1-3H3,(H14,47,48,49,50,51,52,53,54,57,58,60,63,64,65,67,68,69,70,71,72,73)/p+1. The summed E-state index contributed by atoms with van der Waals surface area (Å²) in [5.74, 6) is -2.55. The first-order valence-electron chi connectivity index (χ1n) is 25.2. The first-order valence-corrected chi connectivity index (χ1v) is 30.7. The minimum absolute atomic E-state index is 0.00403. The molecule has 0 radical (unpaired) electrons. The summed E-state index contributed by atoms with van der Waals surface area (Å²) in [6, 6.07) is 15.3. The molecule has 0 spiro atoms. The quantitative estimate of drug-likeness (QED) is 0.00916. The SMILES string of the molecule is CC(NC(CCc1ccccc1)C(=O)NC(CCCN=C(N)N)C(=O)Nc1ccccc1)C(=O)SCCNC(=O)CCNC(=O)C(O)C(C)(C)COP(=O)(O)OP(=O)(O)OCC1OC([n+]2c[nH]c3c(N)ncnc32)C(O)C1OP(=O)(O)O. The molecule has 0 saturated carbocycles. The number of carbonyl (C=O) groups is 5. The molecule has 0 aliphatic carbocycles. The predicted molar refractivity (Wildman–Crippen MR) is 294 cm³/mol. The lowest BCUT2D eigenvalue weighted by Crippen LogP contribution is -2.54. The molecule has 0 bridgehead atoms. The average Bonchev–Trinajstić information content (AvgIpc) is 4.18. The van der Waals surface area contributed by atoms with Crippen molar-refractivity contribution in [2.45, 2.75) is 102 Å². The van der Waals surface area contributed by atoms with E-state index in [0.717, 1.165) is 28.2 Å². The number of aromatic amines is 1. The Hall–Kier alpha value is -5.83. The summed E-state index contributed by atoms with van der Waals surface area (Å²) in [5, 5.41) is 35.1. The van der Waals surface area contributed by atoms with Crippen LogP contribution in [0.25, 0.3) is 11.2 Å². The number of ether oxygens (including phenoxy) is 1. The summed E-state index contributed by atoms with van der Waals surface area (Å²) in [7, 11) is -16.6. The zero-order valence-electron chi connectivity index (χ0n) is 44.6. The molecule has 5 rings (SSSR count). The number of aliphatic hydroxyl groups excluding tert-OH is 2. The zero-order valence-corrected chi connectivity index (χ0v) is 48.1. The number of nitrogens with zero attached hydrogens (tertiary/aromatic N) is 4. The second-order valence-electron chi connectivity index (χ2n) is 19.1. The van der Waals surface area contributed by atoms with Gasteiger partial charge in [-0.3, -0.25) is 52.8 Å². The van der Waals surface area contributed by atoms with Gasteiger partial charge in [0, 0.05) is 42.9 Å². The molecule has 18 N–H and O–H groups in total. The summed E-state index contributed by atoms with van der Waals surface area (Å²) < 4.78 is 62.9. The summed E-state index contributed by atoms with van der Waals surface area (Å²) in [4.78, 5) is 120. The molecule has 452 valence electrons. The fourth-order valence-electron chi connectivity index (χ4n) is 7.87. The van der Waals surface area contributed by atoms with Gasteiger partial charge in [-0.2, -0.15) is 9.29 Å². The van der Waals surface area contributed by atoms with Crippen LogP contribution in [0.4, 0.5) is 11.5 Å². The van der Waals surface area contributed by atoms with E-state index in [1.165, 1.54) is 20.2 Å². The molecule has 3 heterocycles. The Morgan fingerprint density at radius 3 is 2.24 bits per heavy atom. The highest BCUT2D eigenvalue weighted by atomic mass is 32.2. The highest BCUT2D eigenvalue weighted by Crippen LogP contribution is 2.61. The Labute approximate surface area is 473 Å². The maximum atomic E-state index is 13.9. The van der Waals surface area contributed by atoms with Gasteiger partial charge in [-0.15, -0.1) is 0 Å². The van der Waals surface area contributed by atoms with Crippen molar-refractivity contribution in [3.8, 4) is 0 Å². The van der Waals surface area contributed by atoms with Gasteiger partial charge in [0.2, 0.25) is 40.5 Å². The van der Waals surface area contributed by atoms with Crippen LogP contribution in [0.15, 0.2) is 78.3 Å². The molecule has 36 heteroatoms. The maximum Gasteiger partial charge on any atom is 0.481 e. The van der Waals surface area contributed by atoms with Crippen LogP contribution in [0, 0.1) is 5.41 Å². The largest absolute Gasteiger partial charge is 0.481 e. The number of hydrogen-bond acceptors (Lipinski definition) is 21. The van der Waals surface area contributed by atoms with Crippen LogP contribution in [0.2, 0.25) is 0 Å². The molecule has 2 aromatic heterocycles. The monoisotopic (exact) mass is 1230 g/mol. The number of rotatable bonds is 33. The van der Waals surface area contributed by atoms with Crippen molar-refractivity contribution in [3.05, 3.63) is 78.9 Å². The van der Waals surface area contributed by atoms with Gasteiger partial charge in [-0.1, -0.05) is 79.1 Å². The number of aliphatic hydroxyl groups is 2. The number of aryl methyl sites for hydroxylation is 1. The second-order valence-corrected chi connectivity index (χ2v) is 24.5. The summed E-state index contributed by atoms with van der Waals surface area (Å²) in [6.45, 7) is 1.90. The van der Waals surface area contributed by atoms with Gasteiger partial charge >= 0.3 is 29.1 Å². The van der Waals surface area contributed by atoms with Crippen molar-refractivity contribution in [3.63, 3.8) is 0 Å². The maximum absolute atomic E-state index is 13.9. The number of H-pyrrole nitrogens is 1. The number of phosphoric acid groups is 3. The van der Waals surface area contributed by atoms with E-state index < -0.39 is 114 Å². The van der Waals surface area contributed by atoms with Crippen LogP contribution >= 0.6 is 35.2 Å². The number of hydrogen-bond donors (Lipinski definition) is 15. The number of thioether (sulfide) groups is 1. The van der Waals surface area contributed by atoms with Crippen molar-refractivity contribution >= 4 is 92.6 Å². The lowest BCUT2D eigenvalue weighted by atomic mass is 9.87. The van der Waals surface area contributed by atoms with E-state index in [-0.39, 0.29) is 72.7 Å². The van der Waals surface area contributed by atoms with E-state index >= 15 is 0 Å². The number of imidazole rings is 1. The number of carbonyl (C=O) groups excluding carboxylic acids is 5. The second kappa shape index (κ2) is 30.6. The van der Waals surface area contributed by atoms with Gasteiger partial charge in [0.25, 0.3) is 0 Å². The number of guanidine groups is 1. The normalized spacial score (nSPS) is 19.4. The smallest absolute Gasteiger partial charge is 0.384 e. The van der Waals surface area contributed by atoms with Crippen molar-refractivity contribution in [1.82, 2.24) is 36.2 Å². The molecule has 82 heavy (non-hydrogen) atoms. The topological polar surface area (TPSA) is 500 Å². The number of anilines is 2. The average molecular weight is 1230 g/mol. The molecule has 1 saturated heterocycles. The van der Waals surface area contributed by atoms with Gasteiger partial charge in [-0.25, -0.2) is 18.3 Å². The Kier molecular flexibility index (Phi) is 25.0. The molecule has 10 atom stereocenters. The fourth-order valence-corrected chi connectivity index (χ4v) is 11.4. The lowest BCUT2D eigenvalue weighted by molar-refractivity contribution is -0.745. The number of aromatic nitrogens is 4. The zero-order chi connectivity index (χ0) is 60.4. The molecular weight excluding hydrogens is 1160 g/mol. The number of fused-ring (bicyclic) bond motifs is 1. The van der Waals surface area contributed by atoms with E-state index in [9.17, 15) is 67.5 Å². The van der Waals surface area contributed by atoms with E-state index in [2.05, 4.69) is 55.4 Å². The summed E-state index contributed by atoms with van der Waals surface area (Å²) in [5.41, 5.74) is 16.8. The fraction of sp³-hybridized carbons (Fsp3) is 0.500. The van der Waals surface area contributed by atoms with Crippen LogP contribution in [0.3, 0.4) is 0 Å². The third-order valence-corrected chi connectivity index (χ3v) is 16.3. The number of nitrogens with two attached hydrogens (primary N) is 3. The van der Waals surface area contributed by atoms with Gasteiger partial charge in [-0.05, 0) is 50.3 Å². The highest BCUT2D eigenvalue weighted by Gasteiger charge is 2.52. The van der Waals surface area contributed by atoms with Crippen molar-refractivity contribution in [1.29, 1.82) is 0 Å². The predicted octanol–water partition coefficient (Wildman–Crippen LogP) is -0.760. The summed E-state index contributed by atoms with van der Waals surface area (Å²) >= 11 is 0.892. The van der Waals surface area contributed by atoms with Gasteiger partial charge in [0.15, 0.2) is 24.4 Å². The van der Waals surface area contributed by atoms with Crippen LogP contribution in [0.1, 0.15) is 58.2 Å². The molecule has 1 aliphatic rings. The molecule has 2 aromatic carbocycles. The minimum Gasteiger partial charge on any atom is -0.384 e. The van der Waals surface area contributed by atoms with Crippen molar-refractivity contribution < 1.29 is 94.6 Å². The molecule has 4 amide bonds. The van der Waals surface area contributed by atoms with E-state index in [4.69, 9.17) is 31.0 Å². The number of nitrogen functional groups attached to an aromatic ring is 1. The number of amides is 4. The lowest BCUT2D eigenvalue weighted by Gasteiger charge is -2.30. The van der Waals surface area contributed by atoms with Crippen LogP contribution in [-0.4, -0.2) is 161 Å². The molecule has 10 unspecified atom stereocenters. The molecule has 32 nitrogen and oxygen atoms in total. The van der Waals surface area contributed by atoms with E-state index in [1.54, 1.807) is 37.3 Å². The highest BCUT2D eigenvalue weighted by molar-refractivity contribution is 8.13. The Morgan fingerprint density at radius 2 is 1.57 bits per heavy atom. The van der Waals surface area contributed by atoms with Gasteiger partial charge in [0.05, 0.1) is 25.3 Å². The molecule has 1 fully saturated rings. The summed E-state index contributed by atoms with van der Waals surface area (Å²) in [6.07, 6.45) is -5.74. The third kappa shape index (κ3) is 21.4. The molecule has 1 aliphatic heterocycles. The van der Waals surface area contributed by atoms with E-state index in [1.807, 2.05) is 30.3 Å². The molecule has 4 aromatic rings. The van der Waals surface area contributed by atoms with Crippen LogP contribution in [0.5, 0.6) is 0 Å². The van der Waals surface area contributed by atoms with Crippen LogP contribution in [-0.2, 0) is 66.7 Å². The minimum atomic E-state index is -5.63. The number of aliphatic imine (C=N–C) groups is 1. The number of phosphoric ester groups is 3. The Bertz CT molecular complexity index is 2980. The third-order valence-electron chi connectivity index (χ3n) is 12.1. The first-order chi connectivity index (χ1) is 38.5. The number of nitrogens with one attached hydrogen (secondary N) is 6. The van der Waals surface area contributed by atoms with Crippen molar-refractivity contribution in [2.24, 2.45) is 21.9 Å². The molecular formula is C46H69N13O19P3S+. The first kappa shape index (κ1) is 67.0. The van der Waals surface area contributed by atoms with Gasteiger partial charge < -0.3 is 73.0 Å².